The Hall–Kier alpha value is -1.51. The monoisotopic (exact) mass is 248 g/mol. The summed E-state index contributed by atoms with van der Waals surface area (Å²) in [5.41, 5.74) is 2.47. The van der Waals surface area contributed by atoms with Gasteiger partial charge < -0.3 is 10.6 Å². The molecule has 0 heterocycles. The first kappa shape index (κ1) is 14.6. The van der Waals surface area contributed by atoms with E-state index >= 15 is 0 Å². The lowest BCUT2D eigenvalue weighted by molar-refractivity contribution is -0.121. The fourth-order valence-electron chi connectivity index (χ4n) is 1.88. The van der Waals surface area contributed by atoms with Crippen molar-refractivity contribution in [1.82, 2.24) is 5.32 Å². The van der Waals surface area contributed by atoms with Crippen molar-refractivity contribution in [2.45, 2.75) is 46.1 Å². The van der Waals surface area contributed by atoms with Gasteiger partial charge in [-0.1, -0.05) is 31.5 Å². The van der Waals surface area contributed by atoms with Crippen molar-refractivity contribution in [3.05, 3.63) is 29.8 Å². The number of benzene rings is 1. The van der Waals surface area contributed by atoms with Crippen LogP contribution in [0.25, 0.3) is 0 Å². The second kappa shape index (κ2) is 7.75. The molecule has 0 spiro atoms. The van der Waals surface area contributed by atoms with Gasteiger partial charge in [-0.25, -0.2) is 0 Å². The first-order chi connectivity index (χ1) is 8.63. The van der Waals surface area contributed by atoms with E-state index in [-0.39, 0.29) is 11.9 Å². The summed E-state index contributed by atoms with van der Waals surface area (Å²) in [4.78, 5) is 11.5. The molecule has 0 saturated heterocycles. The molecule has 100 valence electrons. The van der Waals surface area contributed by atoms with E-state index in [4.69, 9.17) is 0 Å². The largest absolute Gasteiger partial charge is 0.384 e. The number of anilines is 1. The normalized spacial score (nSPS) is 10.4. The smallest absolute Gasteiger partial charge is 0.221 e. The van der Waals surface area contributed by atoms with Crippen molar-refractivity contribution < 1.29 is 4.79 Å². The Bertz CT molecular complexity index is 375. The van der Waals surface area contributed by atoms with Crippen molar-refractivity contribution in [3.63, 3.8) is 0 Å². The molecule has 0 radical (unpaired) electrons. The molecule has 0 unspecified atom stereocenters. The Balaban J connectivity index is 2.41. The molecule has 0 bridgehead atoms. The van der Waals surface area contributed by atoms with Crippen LogP contribution >= 0.6 is 0 Å². The molecule has 3 nitrogen and oxygen atoms in total. The number of rotatable bonds is 7. The highest BCUT2D eigenvalue weighted by molar-refractivity contribution is 5.76. The Morgan fingerprint density at radius 3 is 2.67 bits per heavy atom. The summed E-state index contributed by atoms with van der Waals surface area (Å²) in [6.45, 7) is 6.80. The van der Waals surface area contributed by atoms with Crippen molar-refractivity contribution in [2.75, 3.05) is 11.9 Å². The topological polar surface area (TPSA) is 41.1 Å². The number of hydrogen-bond donors (Lipinski definition) is 2. The van der Waals surface area contributed by atoms with E-state index in [0.29, 0.717) is 13.0 Å². The predicted molar refractivity (Wildman–Crippen MR) is 76.8 cm³/mol. The molecule has 1 amide bonds. The van der Waals surface area contributed by atoms with E-state index in [2.05, 4.69) is 35.8 Å². The first-order valence-corrected chi connectivity index (χ1v) is 6.74. The number of aryl methyl sites for hydroxylation is 1. The highest BCUT2D eigenvalue weighted by atomic mass is 16.1. The summed E-state index contributed by atoms with van der Waals surface area (Å²) in [7, 11) is 0. The van der Waals surface area contributed by atoms with Crippen LogP contribution in [0.15, 0.2) is 24.3 Å². The Morgan fingerprint density at radius 2 is 2.00 bits per heavy atom. The van der Waals surface area contributed by atoms with Gasteiger partial charge in [-0.2, -0.15) is 0 Å². The maximum absolute atomic E-state index is 11.5. The van der Waals surface area contributed by atoms with Crippen LogP contribution in [0, 0.1) is 0 Å². The molecule has 0 atom stereocenters. The summed E-state index contributed by atoms with van der Waals surface area (Å²) >= 11 is 0. The molecule has 3 heteroatoms. The minimum absolute atomic E-state index is 0.102. The highest BCUT2D eigenvalue weighted by Crippen LogP contribution is 2.16. The number of nitrogens with one attached hydrogen (secondary N) is 2. The van der Waals surface area contributed by atoms with Crippen LogP contribution in [0.2, 0.25) is 0 Å². The zero-order valence-electron chi connectivity index (χ0n) is 11.6. The molecule has 0 fully saturated rings. The Kier molecular flexibility index (Phi) is 6.26. The van der Waals surface area contributed by atoms with E-state index < -0.39 is 0 Å². The minimum Gasteiger partial charge on any atom is -0.384 e. The van der Waals surface area contributed by atoms with Gasteiger partial charge in [0, 0.05) is 24.7 Å². The van der Waals surface area contributed by atoms with Gasteiger partial charge in [-0.15, -0.1) is 0 Å². The zero-order valence-corrected chi connectivity index (χ0v) is 11.6. The van der Waals surface area contributed by atoms with Gasteiger partial charge in [0.15, 0.2) is 0 Å². The average molecular weight is 248 g/mol. The van der Waals surface area contributed by atoms with Crippen molar-refractivity contribution in [1.29, 1.82) is 0 Å². The standard InChI is InChI=1S/C15H24N2O/c1-4-7-13-8-5-6-9-14(13)16-11-10-15(18)17-12(2)3/h5-6,8-9,12,16H,4,7,10-11H2,1-3H3,(H,17,18). The van der Waals surface area contributed by atoms with E-state index in [1.807, 2.05) is 19.9 Å². The molecule has 0 aliphatic carbocycles. The van der Waals surface area contributed by atoms with Gasteiger partial charge >= 0.3 is 0 Å². The SMILES string of the molecule is CCCc1ccccc1NCCC(=O)NC(C)C. The first-order valence-electron chi connectivity index (χ1n) is 6.74. The van der Waals surface area contributed by atoms with Crippen molar-refractivity contribution in [2.24, 2.45) is 0 Å². The molecule has 18 heavy (non-hydrogen) atoms. The lowest BCUT2D eigenvalue weighted by Crippen LogP contribution is -2.31. The maximum Gasteiger partial charge on any atom is 0.221 e. The summed E-state index contributed by atoms with van der Waals surface area (Å²) in [5.74, 6) is 0.102. The summed E-state index contributed by atoms with van der Waals surface area (Å²) in [6, 6.07) is 8.51. The lowest BCUT2D eigenvalue weighted by atomic mass is 10.1. The van der Waals surface area contributed by atoms with E-state index in [1.54, 1.807) is 0 Å². The van der Waals surface area contributed by atoms with Gasteiger partial charge in [0.05, 0.1) is 0 Å². The Labute approximate surface area is 110 Å². The van der Waals surface area contributed by atoms with Crippen LogP contribution < -0.4 is 10.6 Å². The van der Waals surface area contributed by atoms with Crippen LogP contribution in [0.4, 0.5) is 5.69 Å². The van der Waals surface area contributed by atoms with Crippen molar-refractivity contribution in [3.8, 4) is 0 Å². The third-order valence-corrected chi connectivity index (χ3v) is 2.65. The summed E-state index contributed by atoms with van der Waals surface area (Å²) < 4.78 is 0. The van der Waals surface area contributed by atoms with E-state index in [9.17, 15) is 4.79 Å². The molecule has 1 aromatic carbocycles. The molecule has 1 aromatic rings. The highest BCUT2D eigenvalue weighted by Gasteiger charge is 2.04. The van der Waals surface area contributed by atoms with Crippen LogP contribution in [-0.2, 0) is 11.2 Å². The van der Waals surface area contributed by atoms with Crippen molar-refractivity contribution >= 4 is 11.6 Å². The molecular weight excluding hydrogens is 224 g/mol. The minimum atomic E-state index is 0.102. The lowest BCUT2D eigenvalue weighted by Gasteiger charge is -2.12. The van der Waals surface area contributed by atoms with Gasteiger partial charge in [-0.05, 0) is 31.9 Å². The second-order valence-corrected chi connectivity index (χ2v) is 4.81. The van der Waals surface area contributed by atoms with Gasteiger partial charge in [0.2, 0.25) is 5.91 Å². The number of hydrogen-bond acceptors (Lipinski definition) is 2. The molecule has 0 aromatic heterocycles. The molecule has 2 N–H and O–H groups in total. The maximum atomic E-state index is 11.5. The average Bonchev–Trinajstić information content (AvgIpc) is 2.30. The van der Waals surface area contributed by atoms with Crippen LogP contribution in [0.1, 0.15) is 39.2 Å². The van der Waals surface area contributed by atoms with Crippen LogP contribution in [0.3, 0.4) is 0 Å². The Morgan fingerprint density at radius 1 is 1.28 bits per heavy atom. The fourth-order valence-corrected chi connectivity index (χ4v) is 1.88. The second-order valence-electron chi connectivity index (χ2n) is 4.81. The third kappa shape index (κ3) is 5.21. The van der Waals surface area contributed by atoms with Gasteiger partial charge in [0.25, 0.3) is 0 Å². The number of carbonyl (C=O) groups excluding carboxylic acids is 1. The number of carbonyl (C=O) groups is 1. The zero-order chi connectivity index (χ0) is 13.4. The predicted octanol–water partition coefficient (Wildman–Crippen LogP) is 2.97. The molecule has 0 saturated carbocycles. The van der Waals surface area contributed by atoms with Crippen LogP contribution in [0.5, 0.6) is 0 Å². The van der Waals surface area contributed by atoms with E-state index in [0.717, 1.165) is 18.5 Å². The molecule has 0 aliphatic rings. The fraction of sp³-hybridized carbons (Fsp3) is 0.533. The molecular formula is C15H24N2O. The summed E-state index contributed by atoms with van der Waals surface area (Å²) in [5, 5.41) is 6.23. The van der Waals surface area contributed by atoms with Crippen LogP contribution in [-0.4, -0.2) is 18.5 Å². The summed E-state index contributed by atoms with van der Waals surface area (Å²) in [6.07, 6.45) is 2.71. The van der Waals surface area contributed by atoms with E-state index in [1.165, 1.54) is 5.56 Å². The molecule has 1 rings (SSSR count). The third-order valence-electron chi connectivity index (χ3n) is 2.65. The van der Waals surface area contributed by atoms with Gasteiger partial charge in [-0.3, -0.25) is 4.79 Å². The van der Waals surface area contributed by atoms with Gasteiger partial charge in [0.1, 0.15) is 0 Å². The quantitative estimate of drug-likeness (QED) is 0.779. The number of amides is 1. The number of para-hydroxylation sites is 1. The molecule has 0 aliphatic heterocycles.